The number of carbonyl (C=O) groups excluding carboxylic acids is 2. The molecule has 0 aliphatic heterocycles. The third-order valence-electron chi connectivity index (χ3n) is 8.69. The van der Waals surface area contributed by atoms with Crippen LogP contribution >= 0.6 is 11.8 Å². The lowest BCUT2D eigenvalue weighted by atomic mass is 9.45. The second-order valence-corrected chi connectivity index (χ2v) is 10.6. The number of thioether (sulfide) groups is 1. The summed E-state index contributed by atoms with van der Waals surface area (Å²) >= 11 is 1.41. The Bertz CT molecular complexity index is 720. The highest BCUT2D eigenvalue weighted by Crippen LogP contribution is 2.67. The van der Waals surface area contributed by atoms with Crippen molar-refractivity contribution in [1.29, 1.82) is 0 Å². The van der Waals surface area contributed by atoms with Crippen LogP contribution < -0.4 is 0 Å². The van der Waals surface area contributed by atoms with Gasteiger partial charge in [-0.15, -0.1) is 11.8 Å². The van der Waals surface area contributed by atoms with E-state index in [9.17, 15) is 19.8 Å². The fraction of sp³-hybridized carbons (Fsp3) is 0.818. The molecule has 0 aromatic carbocycles. The van der Waals surface area contributed by atoms with Crippen LogP contribution in [0.25, 0.3) is 0 Å². The van der Waals surface area contributed by atoms with Gasteiger partial charge in [-0.25, -0.2) is 4.79 Å². The highest BCUT2D eigenvalue weighted by atomic mass is 32.2. The molecular formula is C22H32O5S. The van der Waals surface area contributed by atoms with E-state index < -0.39 is 23.1 Å². The van der Waals surface area contributed by atoms with Gasteiger partial charge >= 0.3 is 5.97 Å². The first-order valence-corrected chi connectivity index (χ1v) is 11.9. The van der Waals surface area contributed by atoms with Crippen molar-refractivity contribution in [1.82, 2.24) is 0 Å². The molecule has 0 saturated heterocycles. The van der Waals surface area contributed by atoms with Crippen LogP contribution in [0.3, 0.4) is 0 Å². The third kappa shape index (κ3) is 2.67. The van der Waals surface area contributed by atoms with Crippen molar-refractivity contribution in [3.05, 3.63) is 11.6 Å². The number of rotatable bonds is 3. The van der Waals surface area contributed by atoms with Crippen molar-refractivity contribution >= 4 is 23.5 Å². The van der Waals surface area contributed by atoms with Crippen LogP contribution in [0.15, 0.2) is 11.6 Å². The summed E-state index contributed by atoms with van der Waals surface area (Å²) in [5, 5.41) is 22.7. The standard InChI is InChI=1S/C22H32O5S/c1-20-8-6-14(23)10-13(20)4-5-15-16-7-9-22(26,19(25)27-12-28-3)21(16,2)11-17(24)18(15)20/h10,15-18,24,26H,4-9,11-12H2,1-3H3/t15?,16?,17-,18?,20?,21?,22-/m0/s1. The first-order valence-electron chi connectivity index (χ1n) is 10.5. The van der Waals surface area contributed by atoms with E-state index in [1.807, 2.05) is 19.3 Å². The summed E-state index contributed by atoms with van der Waals surface area (Å²) < 4.78 is 5.33. The van der Waals surface area contributed by atoms with Gasteiger partial charge < -0.3 is 14.9 Å². The van der Waals surface area contributed by atoms with Gasteiger partial charge in [0.15, 0.2) is 11.4 Å². The first-order chi connectivity index (χ1) is 13.2. The lowest BCUT2D eigenvalue weighted by Gasteiger charge is -2.60. The van der Waals surface area contributed by atoms with Crippen LogP contribution in [0.4, 0.5) is 0 Å². The maximum Gasteiger partial charge on any atom is 0.339 e. The van der Waals surface area contributed by atoms with E-state index >= 15 is 0 Å². The zero-order valence-electron chi connectivity index (χ0n) is 17.1. The van der Waals surface area contributed by atoms with Crippen molar-refractivity contribution in [3.63, 3.8) is 0 Å². The molecule has 156 valence electrons. The molecule has 0 bridgehead atoms. The number of aliphatic hydroxyl groups is 2. The number of allylic oxidation sites excluding steroid dienone is 1. The van der Waals surface area contributed by atoms with Gasteiger partial charge in [-0.2, -0.15) is 0 Å². The maximum atomic E-state index is 12.8. The molecule has 5 nitrogen and oxygen atoms in total. The maximum absolute atomic E-state index is 12.8. The van der Waals surface area contributed by atoms with Crippen LogP contribution in [0, 0.1) is 28.6 Å². The quantitative estimate of drug-likeness (QED) is 0.552. The fourth-order valence-electron chi connectivity index (χ4n) is 7.26. The second-order valence-electron chi connectivity index (χ2n) is 9.81. The number of hydrogen-bond donors (Lipinski definition) is 2. The topological polar surface area (TPSA) is 83.8 Å². The lowest BCUT2D eigenvalue weighted by Crippen LogP contribution is -2.61. The Morgan fingerprint density at radius 2 is 2.04 bits per heavy atom. The van der Waals surface area contributed by atoms with Crippen molar-refractivity contribution in [3.8, 4) is 0 Å². The minimum absolute atomic E-state index is 0.0863. The molecule has 3 fully saturated rings. The van der Waals surface area contributed by atoms with Gasteiger partial charge in [0.1, 0.15) is 5.94 Å². The highest BCUT2D eigenvalue weighted by molar-refractivity contribution is 7.98. The number of esters is 1. The van der Waals surface area contributed by atoms with Gasteiger partial charge in [0, 0.05) is 11.8 Å². The highest BCUT2D eigenvalue weighted by Gasteiger charge is 2.69. The molecule has 2 N–H and O–H groups in total. The van der Waals surface area contributed by atoms with E-state index in [-0.39, 0.29) is 34.9 Å². The van der Waals surface area contributed by atoms with Crippen LogP contribution in [0.1, 0.15) is 58.8 Å². The molecule has 0 spiro atoms. The van der Waals surface area contributed by atoms with Gasteiger partial charge in [-0.05, 0) is 74.0 Å². The number of fused-ring (bicyclic) bond motifs is 5. The van der Waals surface area contributed by atoms with Crippen molar-refractivity contribution in [2.75, 3.05) is 12.2 Å². The van der Waals surface area contributed by atoms with Crippen LogP contribution in [-0.4, -0.2) is 45.9 Å². The Morgan fingerprint density at radius 3 is 2.75 bits per heavy atom. The fourth-order valence-corrected chi connectivity index (χ4v) is 7.48. The molecule has 0 aromatic rings. The van der Waals surface area contributed by atoms with Crippen LogP contribution in [0.5, 0.6) is 0 Å². The normalized spacial score (nSPS) is 47.6. The summed E-state index contributed by atoms with van der Waals surface area (Å²) in [5.41, 5.74) is -1.16. The van der Waals surface area contributed by atoms with E-state index in [1.165, 1.54) is 17.3 Å². The monoisotopic (exact) mass is 408 g/mol. The van der Waals surface area contributed by atoms with E-state index in [4.69, 9.17) is 4.74 Å². The van der Waals surface area contributed by atoms with Crippen molar-refractivity contribution in [2.45, 2.75) is 70.5 Å². The SMILES string of the molecule is CSCOC(=O)[C@@]1(O)CCC2C3CCC4=CC(=O)CCC4(C)C3[C@@H](O)CC21C. The molecule has 6 heteroatoms. The largest absolute Gasteiger partial charge is 0.452 e. The van der Waals surface area contributed by atoms with Gasteiger partial charge in [0.25, 0.3) is 0 Å². The second kappa shape index (κ2) is 6.85. The van der Waals surface area contributed by atoms with Gasteiger partial charge in [0.2, 0.25) is 0 Å². The zero-order valence-corrected chi connectivity index (χ0v) is 17.9. The Kier molecular flexibility index (Phi) is 4.99. The van der Waals surface area contributed by atoms with E-state index in [0.717, 1.165) is 25.7 Å². The summed E-state index contributed by atoms with van der Waals surface area (Å²) in [6, 6.07) is 0. The minimum Gasteiger partial charge on any atom is -0.452 e. The Morgan fingerprint density at radius 1 is 1.29 bits per heavy atom. The van der Waals surface area contributed by atoms with E-state index in [2.05, 4.69) is 6.92 Å². The lowest BCUT2D eigenvalue weighted by molar-refractivity contribution is -0.197. The number of hydrogen-bond acceptors (Lipinski definition) is 6. The summed E-state index contributed by atoms with van der Waals surface area (Å²) in [4.78, 5) is 24.7. The number of ether oxygens (including phenoxy) is 1. The van der Waals surface area contributed by atoms with E-state index in [0.29, 0.717) is 19.3 Å². The minimum atomic E-state index is -1.53. The molecule has 0 amide bonds. The zero-order chi connectivity index (χ0) is 20.3. The summed E-state index contributed by atoms with van der Waals surface area (Å²) in [7, 11) is 0. The van der Waals surface area contributed by atoms with Crippen molar-refractivity contribution in [2.24, 2.45) is 28.6 Å². The molecule has 28 heavy (non-hydrogen) atoms. The van der Waals surface area contributed by atoms with Gasteiger partial charge in [0.05, 0.1) is 6.10 Å². The molecule has 7 atom stereocenters. The van der Waals surface area contributed by atoms with Crippen LogP contribution in [0.2, 0.25) is 0 Å². The van der Waals surface area contributed by atoms with Gasteiger partial charge in [-0.1, -0.05) is 19.4 Å². The molecule has 3 saturated carbocycles. The Labute approximate surface area is 171 Å². The third-order valence-corrected chi connectivity index (χ3v) is 9.05. The molecule has 4 rings (SSSR count). The molecule has 0 heterocycles. The Hall–Kier alpha value is -0.850. The van der Waals surface area contributed by atoms with Crippen molar-refractivity contribution < 1.29 is 24.5 Å². The summed E-state index contributed by atoms with van der Waals surface area (Å²) in [5.74, 6) is 0.422. The van der Waals surface area contributed by atoms with E-state index in [1.54, 1.807) is 0 Å². The predicted molar refractivity (Wildman–Crippen MR) is 108 cm³/mol. The molecule has 0 aromatic heterocycles. The first kappa shape index (κ1) is 20.4. The smallest absolute Gasteiger partial charge is 0.339 e. The summed E-state index contributed by atoms with van der Waals surface area (Å²) in [6.07, 6.45) is 7.79. The number of ketones is 1. The molecule has 4 aliphatic rings. The molecule has 4 aliphatic carbocycles. The molecule has 0 radical (unpaired) electrons. The number of carbonyl (C=O) groups is 2. The average molecular weight is 409 g/mol. The summed E-state index contributed by atoms with van der Waals surface area (Å²) in [6.45, 7) is 4.18. The average Bonchev–Trinajstić information content (AvgIpc) is 2.92. The number of aliphatic hydroxyl groups excluding tert-OH is 1. The predicted octanol–water partition coefficient (Wildman–Crippen LogP) is 3.08. The molecular weight excluding hydrogens is 376 g/mol. The Balaban J connectivity index is 1.67. The molecule has 5 unspecified atom stereocenters. The van der Waals surface area contributed by atoms with Crippen LogP contribution in [-0.2, 0) is 14.3 Å². The van der Waals surface area contributed by atoms with Gasteiger partial charge in [-0.3, -0.25) is 4.79 Å².